The largest absolute Gasteiger partial charge is 0.444 e. The van der Waals surface area contributed by atoms with Gasteiger partial charge in [0.2, 0.25) is 0 Å². The maximum atomic E-state index is 11.9. The van der Waals surface area contributed by atoms with Crippen molar-refractivity contribution in [2.45, 2.75) is 59.0 Å². The molecule has 1 saturated carbocycles. The van der Waals surface area contributed by atoms with Gasteiger partial charge in [-0.05, 0) is 51.4 Å². The first kappa shape index (κ1) is 16.3. The smallest absolute Gasteiger partial charge is 0.410 e. The first-order chi connectivity index (χ1) is 8.71. The molecule has 1 aliphatic rings. The van der Waals surface area contributed by atoms with Crippen LogP contribution in [-0.4, -0.2) is 41.9 Å². The van der Waals surface area contributed by atoms with Crippen LogP contribution in [0.3, 0.4) is 0 Å². The molecule has 1 fully saturated rings. The van der Waals surface area contributed by atoms with E-state index in [9.17, 15) is 4.79 Å². The summed E-state index contributed by atoms with van der Waals surface area (Å²) in [5.41, 5.74) is -0.115. The summed E-state index contributed by atoms with van der Waals surface area (Å²) in [5.74, 6) is 0.465. The molecule has 0 aliphatic heterocycles. The van der Waals surface area contributed by atoms with Crippen LogP contribution >= 0.6 is 0 Å². The van der Waals surface area contributed by atoms with Crippen LogP contribution in [0.2, 0.25) is 0 Å². The minimum Gasteiger partial charge on any atom is -0.444 e. The molecule has 0 unspecified atom stereocenters. The highest BCUT2D eigenvalue weighted by atomic mass is 16.6. The Morgan fingerprint density at radius 2 is 2.00 bits per heavy atom. The van der Waals surface area contributed by atoms with Crippen LogP contribution < -0.4 is 0 Å². The van der Waals surface area contributed by atoms with Crippen molar-refractivity contribution in [1.82, 2.24) is 4.90 Å². The Labute approximate surface area is 117 Å². The predicted molar refractivity (Wildman–Crippen MR) is 76.0 cm³/mol. The van der Waals surface area contributed by atoms with E-state index < -0.39 is 5.60 Å². The molecule has 0 spiro atoms. The van der Waals surface area contributed by atoms with E-state index in [1.165, 1.54) is 0 Å². The van der Waals surface area contributed by atoms with Crippen molar-refractivity contribution in [3.05, 3.63) is 0 Å². The highest BCUT2D eigenvalue weighted by molar-refractivity contribution is 5.67. The Kier molecular flexibility index (Phi) is 5.25. The zero-order valence-electron chi connectivity index (χ0n) is 13.0. The Bertz CT molecular complexity index is 303. The first-order valence-electron chi connectivity index (χ1n) is 7.26. The average Bonchev–Trinajstić information content (AvgIpc) is 2.25. The van der Waals surface area contributed by atoms with Crippen LogP contribution in [0.4, 0.5) is 4.79 Å². The Hall–Kier alpha value is -0.770. The number of hydrogen-bond donors (Lipinski definition) is 1. The number of carbonyl (C=O) groups excluding carboxylic acids is 1. The molecule has 0 aromatic carbocycles. The van der Waals surface area contributed by atoms with Gasteiger partial charge in [0.1, 0.15) is 5.60 Å². The summed E-state index contributed by atoms with van der Waals surface area (Å²) in [7, 11) is 1.79. The molecule has 1 N–H and O–H groups in total. The fourth-order valence-corrected chi connectivity index (χ4v) is 2.80. The zero-order valence-corrected chi connectivity index (χ0v) is 13.0. The number of aliphatic hydroxyl groups excluding tert-OH is 1. The standard InChI is InChI=1S/C15H29NO3/c1-6-15(9-12(10-15)11-17)7-8-16(5)13(18)19-14(2,3)4/h12,17H,6-11H2,1-5H3. The van der Waals surface area contributed by atoms with Gasteiger partial charge in [-0.25, -0.2) is 4.79 Å². The molecule has 1 aliphatic carbocycles. The normalized spacial score (nSPS) is 26.7. The maximum absolute atomic E-state index is 11.9. The van der Waals surface area contributed by atoms with E-state index in [1.807, 2.05) is 20.8 Å². The number of nitrogens with zero attached hydrogens (tertiary/aromatic N) is 1. The van der Waals surface area contributed by atoms with Crippen molar-refractivity contribution in [1.29, 1.82) is 0 Å². The summed E-state index contributed by atoms with van der Waals surface area (Å²) in [6.07, 6.45) is 4.03. The van der Waals surface area contributed by atoms with Crippen LogP contribution in [0.15, 0.2) is 0 Å². The topological polar surface area (TPSA) is 49.8 Å². The lowest BCUT2D eigenvalue weighted by Crippen LogP contribution is -2.42. The van der Waals surface area contributed by atoms with Gasteiger partial charge in [0.15, 0.2) is 0 Å². The minimum absolute atomic E-state index is 0.253. The van der Waals surface area contributed by atoms with Crippen molar-refractivity contribution < 1.29 is 14.6 Å². The molecule has 0 heterocycles. The fraction of sp³-hybridized carbons (Fsp3) is 0.933. The van der Waals surface area contributed by atoms with E-state index >= 15 is 0 Å². The van der Waals surface area contributed by atoms with Crippen molar-refractivity contribution in [3.63, 3.8) is 0 Å². The SMILES string of the molecule is CCC1(CCN(C)C(=O)OC(C)(C)C)CC(CO)C1. The summed E-state index contributed by atoms with van der Waals surface area (Å²) in [6.45, 7) is 8.85. The van der Waals surface area contributed by atoms with Gasteiger partial charge in [-0.15, -0.1) is 0 Å². The molecule has 0 aromatic rings. The zero-order chi connectivity index (χ0) is 14.7. The Balaban J connectivity index is 2.37. The van der Waals surface area contributed by atoms with E-state index in [0.717, 1.165) is 32.2 Å². The highest BCUT2D eigenvalue weighted by Gasteiger charge is 2.42. The van der Waals surface area contributed by atoms with Crippen LogP contribution in [0.1, 0.15) is 53.4 Å². The third-order valence-corrected chi connectivity index (χ3v) is 4.13. The number of hydrogen-bond acceptors (Lipinski definition) is 3. The molecule has 0 radical (unpaired) electrons. The summed E-state index contributed by atoms with van der Waals surface area (Å²) in [4.78, 5) is 13.5. The highest BCUT2D eigenvalue weighted by Crippen LogP contribution is 2.50. The molecule has 0 saturated heterocycles. The molecule has 4 heteroatoms. The number of aliphatic hydroxyl groups is 1. The van der Waals surface area contributed by atoms with E-state index in [2.05, 4.69) is 6.92 Å². The van der Waals surface area contributed by atoms with Crippen molar-refractivity contribution in [2.75, 3.05) is 20.2 Å². The molecule has 0 bridgehead atoms. The quantitative estimate of drug-likeness (QED) is 0.836. The fourth-order valence-electron chi connectivity index (χ4n) is 2.80. The Morgan fingerprint density at radius 1 is 1.42 bits per heavy atom. The lowest BCUT2D eigenvalue weighted by atomic mass is 9.59. The second-order valence-electron chi connectivity index (χ2n) is 6.96. The van der Waals surface area contributed by atoms with Crippen LogP contribution in [0.5, 0.6) is 0 Å². The first-order valence-corrected chi connectivity index (χ1v) is 7.26. The van der Waals surface area contributed by atoms with E-state index in [1.54, 1.807) is 11.9 Å². The van der Waals surface area contributed by atoms with Crippen LogP contribution in [-0.2, 0) is 4.74 Å². The van der Waals surface area contributed by atoms with Gasteiger partial charge in [-0.2, -0.15) is 0 Å². The van der Waals surface area contributed by atoms with E-state index in [-0.39, 0.29) is 6.09 Å². The molecule has 19 heavy (non-hydrogen) atoms. The molecule has 0 aromatic heterocycles. The predicted octanol–water partition coefficient (Wildman–Crippen LogP) is 3.04. The molecular formula is C15H29NO3. The van der Waals surface area contributed by atoms with Crippen LogP contribution in [0, 0.1) is 11.3 Å². The molecule has 4 nitrogen and oxygen atoms in total. The molecular weight excluding hydrogens is 242 g/mol. The molecule has 0 atom stereocenters. The van der Waals surface area contributed by atoms with E-state index in [4.69, 9.17) is 9.84 Å². The van der Waals surface area contributed by atoms with Crippen molar-refractivity contribution >= 4 is 6.09 Å². The Morgan fingerprint density at radius 3 is 2.42 bits per heavy atom. The lowest BCUT2D eigenvalue weighted by molar-refractivity contribution is -0.00608. The number of rotatable bonds is 5. The number of carbonyl (C=O) groups is 1. The molecule has 1 rings (SSSR count). The minimum atomic E-state index is -0.438. The van der Waals surface area contributed by atoms with Gasteiger partial charge in [0, 0.05) is 20.2 Å². The van der Waals surface area contributed by atoms with Gasteiger partial charge < -0.3 is 14.7 Å². The summed E-state index contributed by atoms with van der Waals surface area (Å²) < 4.78 is 5.34. The number of amides is 1. The second-order valence-corrected chi connectivity index (χ2v) is 6.96. The third kappa shape index (κ3) is 4.68. The maximum Gasteiger partial charge on any atom is 0.410 e. The molecule has 112 valence electrons. The number of ether oxygens (including phenoxy) is 1. The summed E-state index contributed by atoms with van der Waals surface area (Å²) in [6, 6.07) is 0. The summed E-state index contributed by atoms with van der Waals surface area (Å²) in [5, 5.41) is 9.12. The van der Waals surface area contributed by atoms with Gasteiger partial charge in [0.25, 0.3) is 0 Å². The average molecular weight is 271 g/mol. The summed E-state index contributed by atoms with van der Waals surface area (Å²) >= 11 is 0. The molecule has 1 amide bonds. The van der Waals surface area contributed by atoms with Gasteiger partial charge in [0.05, 0.1) is 0 Å². The van der Waals surface area contributed by atoms with Crippen molar-refractivity contribution in [3.8, 4) is 0 Å². The van der Waals surface area contributed by atoms with Gasteiger partial charge in [-0.3, -0.25) is 0 Å². The van der Waals surface area contributed by atoms with Gasteiger partial charge >= 0.3 is 6.09 Å². The van der Waals surface area contributed by atoms with Crippen molar-refractivity contribution in [2.24, 2.45) is 11.3 Å². The van der Waals surface area contributed by atoms with Gasteiger partial charge in [-0.1, -0.05) is 13.3 Å². The van der Waals surface area contributed by atoms with E-state index in [0.29, 0.717) is 17.9 Å². The second kappa shape index (κ2) is 6.12. The monoisotopic (exact) mass is 271 g/mol. The lowest BCUT2D eigenvalue weighted by Gasteiger charge is -2.47. The van der Waals surface area contributed by atoms with Crippen LogP contribution in [0.25, 0.3) is 0 Å². The third-order valence-electron chi connectivity index (χ3n) is 4.13.